The predicted molar refractivity (Wildman–Crippen MR) is 110 cm³/mol. The average molecular weight is 416 g/mol. The fourth-order valence-corrected chi connectivity index (χ4v) is 5.66. The summed E-state index contributed by atoms with van der Waals surface area (Å²) in [6.45, 7) is 0. The van der Waals surface area contributed by atoms with Crippen LogP contribution < -0.4 is 0 Å². The van der Waals surface area contributed by atoms with Gasteiger partial charge in [-0.1, -0.05) is 24.3 Å². The number of ether oxygens (including phenoxy) is 1. The minimum Gasteiger partial charge on any atom is -0.465 e. The van der Waals surface area contributed by atoms with E-state index in [0.29, 0.717) is 34.5 Å². The molecule has 1 aliphatic heterocycles. The van der Waals surface area contributed by atoms with Crippen LogP contribution in [0.4, 0.5) is 0 Å². The molecule has 1 aromatic carbocycles. The van der Waals surface area contributed by atoms with Crippen LogP contribution in [0.15, 0.2) is 58.1 Å². The summed E-state index contributed by atoms with van der Waals surface area (Å²) in [6, 6.07) is 10.4. The van der Waals surface area contributed by atoms with Gasteiger partial charge < -0.3 is 9.15 Å². The number of carbonyl (C=O) groups is 3. The topological polar surface area (TPSA) is 89.2 Å². The van der Waals surface area contributed by atoms with Crippen molar-refractivity contribution in [2.24, 2.45) is 40.6 Å². The van der Waals surface area contributed by atoms with Gasteiger partial charge in [-0.15, -0.1) is 0 Å². The summed E-state index contributed by atoms with van der Waals surface area (Å²) >= 11 is 0. The van der Waals surface area contributed by atoms with Gasteiger partial charge >= 0.3 is 5.97 Å². The highest BCUT2D eigenvalue weighted by atomic mass is 16.5. The van der Waals surface area contributed by atoms with E-state index in [0.717, 1.165) is 11.4 Å². The van der Waals surface area contributed by atoms with E-state index in [4.69, 9.17) is 9.15 Å². The number of imide groups is 1. The summed E-state index contributed by atoms with van der Waals surface area (Å²) in [7, 11) is 1.33. The summed E-state index contributed by atoms with van der Waals surface area (Å²) in [5, 5.41) is 5.23. The van der Waals surface area contributed by atoms with Crippen LogP contribution in [0.25, 0.3) is 11.3 Å². The molecular weight excluding hydrogens is 396 g/mol. The first-order chi connectivity index (χ1) is 15.1. The zero-order valence-electron chi connectivity index (χ0n) is 16.8. The Bertz CT molecular complexity index is 1140. The number of methoxy groups -OCH3 is 1. The highest BCUT2D eigenvalue weighted by Gasteiger charge is 2.67. The maximum Gasteiger partial charge on any atom is 0.337 e. The lowest BCUT2D eigenvalue weighted by atomic mass is 9.63. The molecule has 5 aliphatic rings. The van der Waals surface area contributed by atoms with Crippen LogP contribution in [0.2, 0.25) is 0 Å². The van der Waals surface area contributed by atoms with Crippen molar-refractivity contribution < 1.29 is 23.5 Å². The van der Waals surface area contributed by atoms with E-state index in [9.17, 15) is 14.4 Å². The monoisotopic (exact) mass is 416 g/mol. The zero-order chi connectivity index (χ0) is 21.3. The quantitative estimate of drug-likeness (QED) is 0.331. The first-order valence-electron chi connectivity index (χ1n) is 10.5. The third kappa shape index (κ3) is 2.65. The van der Waals surface area contributed by atoms with Crippen molar-refractivity contribution in [3.8, 4) is 11.3 Å². The predicted octanol–water partition coefficient (Wildman–Crippen LogP) is 3.12. The summed E-state index contributed by atoms with van der Waals surface area (Å²) < 4.78 is 10.6. The van der Waals surface area contributed by atoms with Gasteiger partial charge in [-0.25, -0.2) is 4.79 Å². The van der Waals surface area contributed by atoms with E-state index in [2.05, 4.69) is 17.3 Å². The van der Waals surface area contributed by atoms with Crippen molar-refractivity contribution in [3.63, 3.8) is 0 Å². The highest BCUT2D eigenvalue weighted by molar-refractivity contribution is 6.06. The number of hydrogen-bond donors (Lipinski definition) is 0. The van der Waals surface area contributed by atoms with Crippen molar-refractivity contribution in [1.29, 1.82) is 0 Å². The molecule has 0 spiro atoms. The number of nitrogens with zero attached hydrogens (tertiary/aromatic N) is 2. The smallest absolute Gasteiger partial charge is 0.337 e. The second-order valence-electron chi connectivity index (χ2n) is 8.66. The van der Waals surface area contributed by atoms with Gasteiger partial charge in [0.2, 0.25) is 0 Å². The summed E-state index contributed by atoms with van der Waals surface area (Å²) in [5.74, 6) is 1.07. The van der Waals surface area contributed by atoms with E-state index >= 15 is 0 Å². The van der Waals surface area contributed by atoms with Gasteiger partial charge in [0, 0.05) is 5.56 Å². The van der Waals surface area contributed by atoms with Gasteiger partial charge in [0.15, 0.2) is 0 Å². The van der Waals surface area contributed by atoms with E-state index in [1.54, 1.807) is 30.3 Å². The van der Waals surface area contributed by atoms with Gasteiger partial charge in [0.05, 0.1) is 30.7 Å². The van der Waals surface area contributed by atoms with Gasteiger partial charge in [0.1, 0.15) is 11.5 Å². The molecule has 3 fully saturated rings. The molecule has 156 valence electrons. The molecular formula is C24H20N2O5. The van der Waals surface area contributed by atoms with Crippen molar-refractivity contribution in [2.45, 2.75) is 6.42 Å². The molecule has 7 heteroatoms. The number of allylic oxidation sites excluding steroid dienone is 2. The van der Waals surface area contributed by atoms with Crippen LogP contribution in [0.3, 0.4) is 0 Å². The molecule has 0 N–H and O–H groups in total. The number of hydrazone groups is 1. The van der Waals surface area contributed by atoms with E-state index < -0.39 is 5.97 Å². The van der Waals surface area contributed by atoms with Crippen LogP contribution >= 0.6 is 0 Å². The largest absolute Gasteiger partial charge is 0.465 e. The maximum absolute atomic E-state index is 13.0. The fraction of sp³-hybridized carbons (Fsp3) is 0.333. The SMILES string of the molecule is COC(=O)c1cccc(-c2ccc(/C=N\N3C(=O)[C@@H]4[C@@H]5C=C[C@H]([C@@H]6C[C@H]56)[C@@H]4C3=O)o2)c1. The molecule has 2 saturated carbocycles. The summed E-state index contributed by atoms with van der Waals surface area (Å²) in [4.78, 5) is 37.7. The molecule has 2 amide bonds. The fourth-order valence-electron chi connectivity index (χ4n) is 5.66. The van der Waals surface area contributed by atoms with Crippen molar-refractivity contribution in [2.75, 3.05) is 7.11 Å². The highest BCUT2D eigenvalue weighted by Crippen LogP contribution is 2.65. The summed E-state index contributed by atoms with van der Waals surface area (Å²) in [5.41, 5.74) is 1.13. The van der Waals surface area contributed by atoms with Crippen LogP contribution in [-0.4, -0.2) is 36.1 Å². The minimum absolute atomic E-state index is 0.175. The Hall–Kier alpha value is -3.48. The third-order valence-electron chi connectivity index (χ3n) is 7.13. The molecule has 0 unspecified atom stereocenters. The minimum atomic E-state index is -0.427. The van der Waals surface area contributed by atoms with Gasteiger partial charge in [-0.05, 0) is 54.4 Å². The van der Waals surface area contributed by atoms with Crippen LogP contribution in [0, 0.1) is 35.5 Å². The Morgan fingerprint density at radius 3 is 2.48 bits per heavy atom. The van der Waals surface area contributed by atoms with Crippen molar-refractivity contribution >= 4 is 24.0 Å². The Labute approximate surface area is 178 Å². The first-order valence-corrected chi connectivity index (χ1v) is 10.5. The zero-order valence-corrected chi connectivity index (χ0v) is 16.8. The molecule has 1 saturated heterocycles. The number of furan rings is 1. The summed E-state index contributed by atoms with van der Waals surface area (Å²) in [6.07, 6.45) is 6.81. The number of carbonyl (C=O) groups excluding carboxylic acids is 3. The third-order valence-corrected chi connectivity index (χ3v) is 7.13. The molecule has 7 nitrogen and oxygen atoms in total. The van der Waals surface area contributed by atoms with E-state index in [1.807, 2.05) is 6.07 Å². The molecule has 6 atom stereocenters. The second-order valence-corrected chi connectivity index (χ2v) is 8.66. The average Bonchev–Trinajstić information content (AvgIpc) is 3.44. The van der Waals surface area contributed by atoms with Crippen molar-refractivity contribution in [1.82, 2.24) is 5.01 Å². The molecule has 2 heterocycles. The van der Waals surface area contributed by atoms with Crippen LogP contribution in [-0.2, 0) is 14.3 Å². The van der Waals surface area contributed by atoms with E-state index in [1.165, 1.54) is 13.3 Å². The molecule has 31 heavy (non-hydrogen) atoms. The molecule has 2 bridgehead atoms. The Kier molecular flexibility index (Phi) is 3.84. The first kappa shape index (κ1) is 18.3. The lowest BCUT2D eigenvalue weighted by Gasteiger charge is -2.37. The lowest BCUT2D eigenvalue weighted by molar-refractivity contribution is -0.140. The van der Waals surface area contributed by atoms with Gasteiger partial charge in [-0.2, -0.15) is 10.1 Å². The van der Waals surface area contributed by atoms with Gasteiger partial charge in [0.25, 0.3) is 11.8 Å². The number of esters is 1. The van der Waals surface area contributed by atoms with E-state index in [-0.39, 0.29) is 35.5 Å². The maximum atomic E-state index is 13.0. The Balaban J connectivity index is 1.22. The van der Waals surface area contributed by atoms with Crippen LogP contribution in [0.5, 0.6) is 0 Å². The normalized spacial score (nSPS) is 32.5. The number of benzene rings is 1. The number of rotatable bonds is 4. The number of hydrogen-bond acceptors (Lipinski definition) is 6. The molecule has 4 aliphatic carbocycles. The standard InChI is InChI=1S/C24H20N2O5/c1-30-24(29)13-4-2-3-12(9-13)19-8-5-14(31-19)11-25-26-22(27)20-15-6-7-16(18-10-17(15)18)21(20)23(26)28/h2-9,11,15-18,20-21H,10H2,1H3/b25-11-/t15-,16-,17-,18+,20-,21+/m1/s1. The Morgan fingerprint density at radius 1 is 1.10 bits per heavy atom. The number of amides is 2. The molecule has 0 radical (unpaired) electrons. The molecule has 1 aromatic heterocycles. The molecule has 2 aromatic rings. The van der Waals surface area contributed by atoms with Gasteiger partial charge in [-0.3, -0.25) is 9.59 Å². The lowest BCUT2D eigenvalue weighted by Crippen LogP contribution is -2.40. The van der Waals surface area contributed by atoms with Crippen molar-refractivity contribution in [3.05, 3.63) is 59.9 Å². The second kappa shape index (κ2) is 6.51. The molecule has 7 rings (SSSR count). The Morgan fingerprint density at radius 2 is 1.81 bits per heavy atom. The van der Waals surface area contributed by atoms with Crippen LogP contribution in [0.1, 0.15) is 22.5 Å².